The molecule has 0 N–H and O–H groups in total. The lowest BCUT2D eigenvalue weighted by molar-refractivity contribution is 0.744. The zero-order valence-corrected chi connectivity index (χ0v) is 33.4. The summed E-state index contributed by atoms with van der Waals surface area (Å²) in [5.74, 6) is 1.36. The smallest absolute Gasteiger partial charge is 0.160 e. The Balaban J connectivity index is 1.09. The van der Waals surface area contributed by atoms with Crippen LogP contribution in [0.25, 0.3) is 95.3 Å². The Morgan fingerprint density at radius 2 is 0.871 bits per heavy atom. The highest BCUT2D eigenvalue weighted by Crippen LogP contribution is 2.62. The van der Waals surface area contributed by atoms with E-state index in [-0.39, 0.29) is 0 Å². The second kappa shape index (κ2) is 13.4. The normalized spacial score (nSPS) is 14.5. The van der Waals surface area contributed by atoms with E-state index in [1.165, 1.54) is 38.5 Å². The maximum Gasteiger partial charge on any atom is 0.160 e. The lowest BCUT2D eigenvalue weighted by Gasteiger charge is -2.40. The van der Waals surface area contributed by atoms with Crippen molar-refractivity contribution < 1.29 is 0 Å². The summed E-state index contributed by atoms with van der Waals surface area (Å²) >= 11 is 0. The lowest BCUT2D eigenvalue weighted by Crippen LogP contribution is -2.34. The number of hydrogen-bond acceptors (Lipinski definition) is 4. The van der Waals surface area contributed by atoms with E-state index < -0.39 is 5.41 Å². The molecule has 1 aliphatic heterocycles. The average molecular weight is 790 g/mol. The molecule has 5 nitrogen and oxygen atoms in total. The molecule has 2 aliphatic rings. The van der Waals surface area contributed by atoms with E-state index in [9.17, 15) is 0 Å². The van der Waals surface area contributed by atoms with Crippen LogP contribution in [0.5, 0.6) is 0 Å². The highest BCUT2D eigenvalue weighted by Gasteiger charge is 2.53. The van der Waals surface area contributed by atoms with Gasteiger partial charge in [-0.15, -0.1) is 0 Å². The zero-order valence-electron chi connectivity index (χ0n) is 33.4. The van der Waals surface area contributed by atoms with Gasteiger partial charge in [-0.2, -0.15) is 0 Å². The molecule has 4 heterocycles. The van der Waals surface area contributed by atoms with Gasteiger partial charge < -0.3 is 4.57 Å². The number of benzene rings is 8. The fourth-order valence-electron chi connectivity index (χ4n) is 10.2. The summed E-state index contributed by atoms with van der Waals surface area (Å²) in [6, 6.07) is 75.2. The van der Waals surface area contributed by atoms with Gasteiger partial charge in [0.25, 0.3) is 0 Å². The van der Waals surface area contributed by atoms with Crippen LogP contribution in [0.2, 0.25) is 0 Å². The van der Waals surface area contributed by atoms with Crippen molar-refractivity contribution in [3.63, 3.8) is 0 Å². The number of nitrogens with zero attached hydrogens (tertiary/aromatic N) is 5. The minimum Gasteiger partial charge on any atom is -0.309 e. The van der Waals surface area contributed by atoms with Gasteiger partial charge in [-0.1, -0.05) is 194 Å². The van der Waals surface area contributed by atoms with Gasteiger partial charge in [0.2, 0.25) is 0 Å². The first-order valence-electron chi connectivity index (χ1n) is 21.1. The Morgan fingerprint density at radius 3 is 1.60 bits per heavy atom. The standard InChI is InChI=1S/C57H35N5/c1-4-17-36(18-5-1)47-35-48(37-19-6-2-7-20-37)59-55(58-47)40-33-31-38(32-34-40)52-51-53(61-56(60-52)39-21-8-3-9-22-39)43-24-10-12-26-44(43)57(51)45-27-13-15-30-50(45)62-49-29-14-11-23-41(49)42-25-16-28-46(57)54(42)62/h1-35H. The van der Waals surface area contributed by atoms with Crippen molar-refractivity contribution in [2.24, 2.45) is 0 Å². The van der Waals surface area contributed by atoms with Crippen molar-refractivity contribution in [2.45, 2.75) is 5.41 Å². The van der Waals surface area contributed by atoms with Gasteiger partial charge in [-0.25, -0.2) is 19.9 Å². The van der Waals surface area contributed by atoms with Crippen LogP contribution in [-0.2, 0) is 5.41 Å². The summed E-state index contributed by atoms with van der Waals surface area (Å²) in [4.78, 5) is 21.5. The summed E-state index contributed by atoms with van der Waals surface area (Å²) < 4.78 is 2.47. The van der Waals surface area contributed by atoms with Crippen LogP contribution >= 0.6 is 0 Å². The van der Waals surface area contributed by atoms with Crippen molar-refractivity contribution >= 4 is 21.8 Å². The Bertz CT molecular complexity index is 3500. The molecular weight excluding hydrogens is 755 g/mol. The van der Waals surface area contributed by atoms with Gasteiger partial charge in [0, 0.05) is 49.7 Å². The van der Waals surface area contributed by atoms with E-state index in [0.717, 1.165) is 67.4 Å². The van der Waals surface area contributed by atoms with E-state index in [4.69, 9.17) is 19.9 Å². The van der Waals surface area contributed by atoms with Crippen LogP contribution in [0.1, 0.15) is 22.3 Å². The fraction of sp³-hybridized carbons (Fsp3) is 0.0175. The van der Waals surface area contributed by atoms with Gasteiger partial charge in [0.05, 0.1) is 44.9 Å². The molecule has 0 amide bonds. The van der Waals surface area contributed by atoms with Crippen molar-refractivity contribution in [3.8, 4) is 73.5 Å². The van der Waals surface area contributed by atoms with Crippen LogP contribution in [0, 0.1) is 0 Å². The molecule has 62 heavy (non-hydrogen) atoms. The highest BCUT2D eigenvalue weighted by molar-refractivity contribution is 6.13. The minimum absolute atomic E-state index is 0.666. The molecule has 1 aliphatic carbocycles. The van der Waals surface area contributed by atoms with Gasteiger partial charge in [0.1, 0.15) is 0 Å². The Hall–Kier alpha value is -8.28. The molecule has 1 atom stereocenters. The Labute approximate surface area is 358 Å². The van der Waals surface area contributed by atoms with Crippen molar-refractivity contribution in [1.29, 1.82) is 0 Å². The van der Waals surface area contributed by atoms with Crippen LogP contribution < -0.4 is 0 Å². The molecule has 3 aromatic heterocycles. The Morgan fingerprint density at radius 1 is 0.355 bits per heavy atom. The molecule has 5 heteroatoms. The third-order valence-corrected chi connectivity index (χ3v) is 12.8. The van der Waals surface area contributed by atoms with Crippen LogP contribution in [0.4, 0.5) is 0 Å². The zero-order chi connectivity index (χ0) is 40.8. The van der Waals surface area contributed by atoms with Crippen molar-refractivity contribution in [2.75, 3.05) is 0 Å². The summed E-state index contributed by atoms with van der Waals surface area (Å²) in [6.45, 7) is 0. The fourth-order valence-corrected chi connectivity index (χ4v) is 10.2. The van der Waals surface area contributed by atoms with Crippen LogP contribution in [0.15, 0.2) is 212 Å². The van der Waals surface area contributed by atoms with Crippen molar-refractivity contribution in [3.05, 3.63) is 235 Å². The second-order valence-electron chi connectivity index (χ2n) is 16.1. The maximum absolute atomic E-state index is 5.61. The molecular formula is C57H35N5. The first kappa shape index (κ1) is 34.6. The average Bonchev–Trinajstić information content (AvgIpc) is 3.85. The molecule has 0 bridgehead atoms. The maximum atomic E-state index is 5.61. The first-order valence-corrected chi connectivity index (χ1v) is 21.1. The van der Waals surface area contributed by atoms with Crippen molar-refractivity contribution in [1.82, 2.24) is 24.5 Å². The third-order valence-electron chi connectivity index (χ3n) is 12.8. The van der Waals surface area contributed by atoms with Gasteiger partial charge in [-0.3, -0.25) is 0 Å². The highest BCUT2D eigenvalue weighted by atomic mass is 15.0. The topological polar surface area (TPSA) is 56.5 Å². The van der Waals surface area contributed by atoms with Crippen LogP contribution in [-0.4, -0.2) is 24.5 Å². The summed E-state index contributed by atoms with van der Waals surface area (Å²) in [7, 11) is 0. The third kappa shape index (κ3) is 4.90. The summed E-state index contributed by atoms with van der Waals surface area (Å²) in [5, 5.41) is 2.47. The molecule has 11 aromatic rings. The number of para-hydroxylation sites is 3. The molecule has 0 saturated carbocycles. The molecule has 13 rings (SSSR count). The summed E-state index contributed by atoms with van der Waals surface area (Å²) in [5.41, 5.74) is 17.3. The predicted octanol–water partition coefficient (Wildman–Crippen LogP) is 13.4. The molecule has 1 unspecified atom stereocenters. The quantitative estimate of drug-likeness (QED) is 0.174. The van der Waals surface area contributed by atoms with E-state index in [0.29, 0.717) is 11.6 Å². The Kier molecular flexibility index (Phi) is 7.45. The predicted molar refractivity (Wildman–Crippen MR) is 250 cm³/mol. The molecule has 1 spiro atoms. The van der Waals surface area contributed by atoms with Gasteiger partial charge in [0.15, 0.2) is 11.6 Å². The lowest BCUT2D eigenvalue weighted by atomic mass is 9.64. The van der Waals surface area contributed by atoms with Gasteiger partial charge >= 0.3 is 0 Å². The number of aromatic nitrogens is 5. The molecule has 8 aromatic carbocycles. The largest absolute Gasteiger partial charge is 0.309 e. The van der Waals surface area contributed by atoms with Gasteiger partial charge in [-0.05, 0) is 34.9 Å². The second-order valence-corrected chi connectivity index (χ2v) is 16.1. The first-order chi connectivity index (χ1) is 30.8. The molecule has 0 radical (unpaired) electrons. The van der Waals surface area contributed by atoms with Crippen LogP contribution in [0.3, 0.4) is 0 Å². The number of hydrogen-bond donors (Lipinski definition) is 0. The van der Waals surface area contributed by atoms with E-state index in [1.807, 2.05) is 42.5 Å². The SMILES string of the molecule is c1ccc(-c2cc(-c3ccccc3)nc(-c3ccc(-c4nc(-c5ccccc5)nc5c4C4(c6ccccc6-5)c5ccccc5-n5c6ccccc6c6cccc4c65)cc3)n2)cc1. The van der Waals surface area contributed by atoms with E-state index >= 15 is 0 Å². The molecule has 0 fully saturated rings. The monoisotopic (exact) mass is 789 g/mol. The molecule has 0 saturated heterocycles. The summed E-state index contributed by atoms with van der Waals surface area (Å²) in [6.07, 6.45) is 0. The number of fused-ring (bicyclic) bond motifs is 12. The van der Waals surface area contributed by atoms with E-state index in [1.54, 1.807) is 0 Å². The minimum atomic E-state index is -0.715. The molecule has 288 valence electrons. The van der Waals surface area contributed by atoms with E-state index in [2.05, 4.69) is 174 Å². The number of rotatable bonds is 5.